The average Bonchev–Trinajstić information content (AvgIpc) is 3.53. The highest BCUT2D eigenvalue weighted by atomic mass is 32.1. The number of nitrogens with one attached hydrogen (secondary N) is 1. The zero-order valence-corrected chi connectivity index (χ0v) is 20.5. The van der Waals surface area contributed by atoms with E-state index in [1.54, 1.807) is 31.5 Å². The van der Waals surface area contributed by atoms with Crippen LogP contribution in [0.25, 0.3) is 11.3 Å². The summed E-state index contributed by atoms with van der Waals surface area (Å²) >= 11 is 1.53. The van der Waals surface area contributed by atoms with Crippen molar-refractivity contribution < 1.29 is 14.3 Å². The molecule has 2 heterocycles. The molecule has 0 saturated heterocycles. The summed E-state index contributed by atoms with van der Waals surface area (Å²) in [5.74, 6) is 0.542. The first-order chi connectivity index (χ1) is 17.0. The number of rotatable bonds is 10. The SMILES string of the molecule is COc1ccccc1CCC(=O)Nc1cnn(CC(=O)N(C)Cc2nc(-c3ccccc3)cs2)c1. The van der Waals surface area contributed by atoms with Crippen LogP contribution in [0.15, 0.2) is 72.4 Å². The highest BCUT2D eigenvalue weighted by molar-refractivity contribution is 7.09. The van der Waals surface area contributed by atoms with Crippen molar-refractivity contribution in [3.05, 3.63) is 82.9 Å². The van der Waals surface area contributed by atoms with Crippen LogP contribution in [-0.4, -0.2) is 45.6 Å². The molecule has 0 spiro atoms. The monoisotopic (exact) mass is 489 g/mol. The van der Waals surface area contributed by atoms with Gasteiger partial charge in [0.05, 0.1) is 31.2 Å². The minimum Gasteiger partial charge on any atom is -0.496 e. The Morgan fingerprint density at radius 2 is 1.89 bits per heavy atom. The number of thiazole rings is 1. The summed E-state index contributed by atoms with van der Waals surface area (Å²) in [6.07, 6.45) is 4.08. The van der Waals surface area contributed by atoms with Gasteiger partial charge in [0.2, 0.25) is 11.8 Å². The molecule has 0 fully saturated rings. The van der Waals surface area contributed by atoms with Crippen LogP contribution in [0.1, 0.15) is 17.0 Å². The summed E-state index contributed by atoms with van der Waals surface area (Å²) in [4.78, 5) is 31.3. The number of carbonyl (C=O) groups is 2. The molecule has 9 heteroatoms. The van der Waals surface area contributed by atoms with Crippen molar-refractivity contribution in [3.8, 4) is 17.0 Å². The Balaban J connectivity index is 1.26. The van der Waals surface area contributed by atoms with E-state index in [4.69, 9.17) is 4.74 Å². The van der Waals surface area contributed by atoms with Crippen LogP contribution in [0.5, 0.6) is 5.75 Å². The number of amides is 2. The van der Waals surface area contributed by atoms with Gasteiger partial charge in [-0.25, -0.2) is 4.98 Å². The number of aryl methyl sites for hydroxylation is 1. The number of aromatic nitrogens is 3. The summed E-state index contributed by atoms with van der Waals surface area (Å²) in [7, 11) is 3.36. The molecule has 1 N–H and O–H groups in total. The smallest absolute Gasteiger partial charge is 0.244 e. The molecule has 4 aromatic rings. The molecular formula is C26H27N5O3S. The maximum Gasteiger partial charge on any atom is 0.244 e. The van der Waals surface area contributed by atoms with Gasteiger partial charge in [-0.3, -0.25) is 14.3 Å². The average molecular weight is 490 g/mol. The molecule has 0 unspecified atom stereocenters. The van der Waals surface area contributed by atoms with Gasteiger partial charge in [0.15, 0.2) is 0 Å². The minimum atomic E-state index is -0.128. The summed E-state index contributed by atoms with van der Waals surface area (Å²) < 4.78 is 6.85. The summed E-state index contributed by atoms with van der Waals surface area (Å²) in [5.41, 5.74) is 3.49. The van der Waals surface area contributed by atoms with E-state index in [1.165, 1.54) is 16.0 Å². The third kappa shape index (κ3) is 6.54. The van der Waals surface area contributed by atoms with Crippen molar-refractivity contribution in [2.24, 2.45) is 0 Å². The number of anilines is 1. The van der Waals surface area contributed by atoms with Crippen LogP contribution in [0.2, 0.25) is 0 Å². The van der Waals surface area contributed by atoms with Crippen molar-refractivity contribution in [2.45, 2.75) is 25.9 Å². The molecule has 0 aliphatic rings. The van der Waals surface area contributed by atoms with E-state index in [0.717, 1.165) is 27.6 Å². The highest BCUT2D eigenvalue weighted by Crippen LogP contribution is 2.22. The molecule has 180 valence electrons. The standard InChI is InChI=1S/C26H27N5O3S/c1-30(16-25-29-22(18-35-25)19-8-4-3-5-9-19)26(33)17-31-15-21(14-27-31)28-24(32)13-12-20-10-6-7-11-23(20)34-2/h3-11,14-15,18H,12-13,16-17H2,1-2H3,(H,28,32). The molecule has 0 bridgehead atoms. The number of carbonyl (C=O) groups excluding carboxylic acids is 2. The van der Waals surface area contributed by atoms with Crippen molar-refractivity contribution >= 4 is 28.8 Å². The fraction of sp³-hybridized carbons (Fsp3) is 0.231. The normalized spacial score (nSPS) is 10.7. The van der Waals surface area contributed by atoms with Crippen LogP contribution in [0.4, 0.5) is 5.69 Å². The van der Waals surface area contributed by atoms with Gasteiger partial charge in [0, 0.05) is 30.6 Å². The highest BCUT2D eigenvalue weighted by Gasteiger charge is 2.14. The van der Waals surface area contributed by atoms with E-state index < -0.39 is 0 Å². The zero-order chi connectivity index (χ0) is 24.6. The number of benzene rings is 2. The predicted octanol–water partition coefficient (Wildman–Crippen LogP) is 4.25. The number of hydrogen-bond acceptors (Lipinski definition) is 6. The maximum absolute atomic E-state index is 12.7. The van der Waals surface area contributed by atoms with E-state index in [-0.39, 0.29) is 18.4 Å². The fourth-order valence-electron chi connectivity index (χ4n) is 3.57. The number of para-hydroxylation sites is 1. The third-order valence-electron chi connectivity index (χ3n) is 5.45. The summed E-state index contributed by atoms with van der Waals surface area (Å²) in [5, 5.41) is 9.91. The van der Waals surface area contributed by atoms with E-state index in [0.29, 0.717) is 25.1 Å². The fourth-order valence-corrected chi connectivity index (χ4v) is 4.43. The van der Waals surface area contributed by atoms with Crippen LogP contribution in [0.3, 0.4) is 0 Å². The second-order valence-corrected chi connectivity index (χ2v) is 8.97. The molecule has 0 saturated carbocycles. The quantitative estimate of drug-likeness (QED) is 0.360. The number of methoxy groups -OCH3 is 1. The van der Waals surface area contributed by atoms with Gasteiger partial charge in [0.25, 0.3) is 0 Å². The predicted molar refractivity (Wildman–Crippen MR) is 136 cm³/mol. The lowest BCUT2D eigenvalue weighted by Crippen LogP contribution is -2.29. The Bertz CT molecular complexity index is 1280. The first kappa shape index (κ1) is 24.2. The lowest BCUT2D eigenvalue weighted by atomic mass is 10.1. The van der Waals surface area contributed by atoms with Crippen LogP contribution in [0, 0.1) is 0 Å². The number of ether oxygens (including phenoxy) is 1. The van der Waals surface area contributed by atoms with Gasteiger partial charge in [0.1, 0.15) is 17.3 Å². The second-order valence-electron chi connectivity index (χ2n) is 8.03. The van der Waals surface area contributed by atoms with E-state index in [2.05, 4.69) is 15.4 Å². The Hall–Kier alpha value is -3.98. The summed E-state index contributed by atoms with van der Waals surface area (Å²) in [6.45, 7) is 0.495. The molecule has 0 aliphatic heterocycles. The molecule has 0 radical (unpaired) electrons. The Morgan fingerprint density at radius 1 is 1.11 bits per heavy atom. The topological polar surface area (TPSA) is 89.3 Å². The van der Waals surface area contributed by atoms with E-state index >= 15 is 0 Å². The molecule has 0 aliphatic carbocycles. The lowest BCUT2D eigenvalue weighted by Gasteiger charge is -2.15. The van der Waals surface area contributed by atoms with Crippen LogP contribution >= 0.6 is 11.3 Å². The molecule has 8 nitrogen and oxygen atoms in total. The molecule has 2 aromatic heterocycles. The Labute approximate surface area is 208 Å². The van der Waals surface area contributed by atoms with Gasteiger partial charge in [-0.1, -0.05) is 48.5 Å². The van der Waals surface area contributed by atoms with Gasteiger partial charge in [-0.05, 0) is 18.1 Å². The number of nitrogens with zero attached hydrogens (tertiary/aromatic N) is 4. The van der Waals surface area contributed by atoms with E-state index in [1.807, 2.05) is 60.0 Å². The maximum atomic E-state index is 12.7. The van der Waals surface area contributed by atoms with Crippen LogP contribution in [-0.2, 0) is 29.1 Å². The van der Waals surface area contributed by atoms with Gasteiger partial charge < -0.3 is 15.0 Å². The van der Waals surface area contributed by atoms with Gasteiger partial charge in [-0.2, -0.15) is 5.10 Å². The second kappa shape index (κ2) is 11.4. The first-order valence-corrected chi connectivity index (χ1v) is 12.1. The van der Waals surface area contributed by atoms with Crippen LogP contribution < -0.4 is 10.1 Å². The van der Waals surface area contributed by atoms with Crippen molar-refractivity contribution in [2.75, 3.05) is 19.5 Å². The molecule has 2 aromatic carbocycles. The zero-order valence-electron chi connectivity index (χ0n) is 19.7. The molecule has 35 heavy (non-hydrogen) atoms. The first-order valence-electron chi connectivity index (χ1n) is 11.2. The molecular weight excluding hydrogens is 462 g/mol. The number of likely N-dealkylation sites (N-methyl/N-ethyl adjacent to an activating group) is 1. The largest absolute Gasteiger partial charge is 0.496 e. The third-order valence-corrected chi connectivity index (χ3v) is 6.28. The van der Waals surface area contributed by atoms with E-state index in [9.17, 15) is 9.59 Å². The van der Waals surface area contributed by atoms with Gasteiger partial charge in [-0.15, -0.1) is 11.3 Å². The van der Waals surface area contributed by atoms with Crippen molar-refractivity contribution in [1.82, 2.24) is 19.7 Å². The van der Waals surface area contributed by atoms with Crippen molar-refractivity contribution in [3.63, 3.8) is 0 Å². The molecule has 0 atom stereocenters. The Morgan fingerprint density at radius 3 is 2.69 bits per heavy atom. The number of hydrogen-bond donors (Lipinski definition) is 1. The van der Waals surface area contributed by atoms with Gasteiger partial charge >= 0.3 is 0 Å². The lowest BCUT2D eigenvalue weighted by molar-refractivity contribution is -0.131. The van der Waals surface area contributed by atoms with Crippen molar-refractivity contribution in [1.29, 1.82) is 0 Å². The molecule has 4 rings (SSSR count). The molecule has 2 amide bonds. The minimum absolute atomic E-state index is 0.0739. The Kier molecular flexibility index (Phi) is 7.89. The summed E-state index contributed by atoms with van der Waals surface area (Å²) in [6, 6.07) is 17.6.